The third-order valence-corrected chi connectivity index (χ3v) is 3.09. The van der Waals surface area contributed by atoms with E-state index in [1.807, 2.05) is 4.90 Å². The second-order valence-electron chi connectivity index (χ2n) is 4.24. The van der Waals surface area contributed by atoms with Gasteiger partial charge in [0.25, 0.3) is 0 Å². The standard InChI is InChI=1S/C9H16N4O3/c10-7(8(14)15)5-12-1-2-13-6(4-12)3-11-9(13)16/h6-7H,1-5,10H2,(H,11,16)(H,14,15). The Morgan fingerprint density at radius 3 is 3.06 bits per heavy atom. The molecule has 90 valence electrons. The number of carbonyl (C=O) groups excluding carboxylic acids is 1. The van der Waals surface area contributed by atoms with E-state index in [-0.39, 0.29) is 12.1 Å². The molecule has 4 N–H and O–H groups in total. The summed E-state index contributed by atoms with van der Waals surface area (Å²) in [6, 6.07) is -0.717. The summed E-state index contributed by atoms with van der Waals surface area (Å²) < 4.78 is 0. The van der Waals surface area contributed by atoms with Crippen molar-refractivity contribution in [2.45, 2.75) is 12.1 Å². The van der Waals surface area contributed by atoms with Crippen LogP contribution in [0.15, 0.2) is 0 Å². The van der Waals surface area contributed by atoms with Crippen LogP contribution < -0.4 is 11.1 Å². The molecule has 0 aromatic heterocycles. The maximum atomic E-state index is 11.3. The Labute approximate surface area is 93.2 Å². The number of urea groups is 1. The number of rotatable bonds is 3. The van der Waals surface area contributed by atoms with E-state index in [0.717, 1.165) is 0 Å². The highest BCUT2D eigenvalue weighted by atomic mass is 16.4. The predicted octanol–water partition coefficient (Wildman–Crippen LogP) is -1.89. The van der Waals surface area contributed by atoms with E-state index in [2.05, 4.69) is 5.32 Å². The molecule has 2 atom stereocenters. The summed E-state index contributed by atoms with van der Waals surface area (Å²) >= 11 is 0. The van der Waals surface area contributed by atoms with Gasteiger partial charge in [0.1, 0.15) is 6.04 Å². The van der Waals surface area contributed by atoms with Crippen LogP contribution in [0.25, 0.3) is 0 Å². The molecule has 0 bridgehead atoms. The van der Waals surface area contributed by atoms with Crippen LogP contribution >= 0.6 is 0 Å². The van der Waals surface area contributed by atoms with E-state index in [0.29, 0.717) is 32.7 Å². The minimum atomic E-state index is -0.983. The second kappa shape index (κ2) is 4.26. The monoisotopic (exact) mass is 228 g/mol. The molecule has 0 aromatic rings. The van der Waals surface area contributed by atoms with Gasteiger partial charge in [0.15, 0.2) is 0 Å². The molecule has 7 nitrogen and oxygen atoms in total. The molecule has 0 aliphatic carbocycles. The highest BCUT2D eigenvalue weighted by molar-refractivity contribution is 5.77. The first-order valence-electron chi connectivity index (χ1n) is 5.33. The number of carboxylic acid groups (broad SMARTS) is 1. The van der Waals surface area contributed by atoms with Crippen molar-refractivity contribution in [1.29, 1.82) is 0 Å². The average Bonchev–Trinajstić information content (AvgIpc) is 2.60. The minimum Gasteiger partial charge on any atom is -0.480 e. The largest absolute Gasteiger partial charge is 0.480 e. The molecule has 2 fully saturated rings. The molecule has 0 aromatic carbocycles. The summed E-state index contributed by atoms with van der Waals surface area (Å²) in [7, 11) is 0. The number of hydrogen-bond donors (Lipinski definition) is 3. The smallest absolute Gasteiger partial charge is 0.321 e. The van der Waals surface area contributed by atoms with Crippen molar-refractivity contribution in [2.75, 3.05) is 32.7 Å². The molecular formula is C9H16N4O3. The SMILES string of the molecule is NC(CN1CCN2C(=O)NCC2C1)C(=O)O. The van der Waals surface area contributed by atoms with Gasteiger partial charge < -0.3 is 21.1 Å². The number of carboxylic acids is 1. The number of piperazine rings is 1. The number of nitrogens with two attached hydrogens (primary N) is 1. The first kappa shape index (κ1) is 11.2. The van der Waals surface area contributed by atoms with Gasteiger partial charge in [-0.1, -0.05) is 0 Å². The summed E-state index contributed by atoms with van der Waals surface area (Å²) in [6.45, 7) is 3.00. The molecular weight excluding hydrogens is 212 g/mol. The summed E-state index contributed by atoms with van der Waals surface area (Å²) in [4.78, 5) is 25.7. The zero-order valence-corrected chi connectivity index (χ0v) is 8.93. The van der Waals surface area contributed by atoms with Gasteiger partial charge in [-0.25, -0.2) is 4.79 Å². The Kier molecular flexibility index (Phi) is 2.97. The molecule has 0 spiro atoms. The number of amides is 2. The van der Waals surface area contributed by atoms with Gasteiger partial charge in [0.05, 0.1) is 6.04 Å². The topological polar surface area (TPSA) is 98.9 Å². The van der Waals surface area contributed by atoms with Gasteiger partial charge in [-0.05, 0) is 0 Å². The van der Waals surface area contributed by atoms with E-state index in [4.69, 9.17) is 10.8 Å². The molecule has 2 rings (SSSR count). The average molecular weight is 228 g/mol. The molecule has 0 saturated carbocycles. The first-order chi connectivity index (χ1) is 7.58. The van der Waals surface area contributed by atoms with Crippen LogP contribution in [-0.4, -0.2) is 71.7 Å². The molecule has 2 amide bonds. The van der Waals surface area contributed by atoms with Crippen LogP contribution in [0.5, 0.6) is 0 Å². The minimum absolute atomic E-state index is 0.0211. The van der Waals surface area contributed by atoms with Crippen molar-refractivity contribution in [2.24, 2.45) is 5.73 Å². The van der Waals surface area contributed by atoms with Gasteiger partial charge in [-0.15, -0.1) is 0 Å². The summed E-state index contributed by atoms with van der Waals surface area (Å²) in [5, 5.41) is 11.5. The van der Waals surface area contributed by atoms with Crippen LogP contribution in [0.1, 0.15) is 0 Å². The van der Waals surface area contributed by atoms with Gasteiger partial charge in [0, 0.05) is 32.7 Å². The van der Waals surface area contributed by atoms with E-state index in [1.54, 1.807) is 4.90 Å². The number of fused-ring (bicyclic) bond motifs is 1. The fraction of sp³-hybridized carbons (Fsp3) is 0.778. The zero-order chi connectivity index (χ0) is 11.7. The highest BCUT2D eigenvalue weighted by Crippen LogP contribution is 2.13. The van der Waals surface area contributed by atoms with Crippen LogP contribution in [0.3, 0.4) is 0 Å². The normalized spacial score (nSPS) is 27.4. The molecule has 2 heterocycles. The Balaban J connectivity index is 1.87. The molecule has 2 aliphatic rings. The van der Waals surface area contributed by atoms with Gasteiger partial charge in [0.2, 0.25) is 0 Å². The summed E-state index contributed by atoms with van der Waals surface area (Å²) in [5.74, 6) is -0.983. The quantitative estimate of drug-likeness (QED) is 0.524. The van der Waals surface area contributed by atoms with Crippen LogP contribution in [0, 0.1) is 0 Å². The molecule has 16 heavy (non-hydrogen) atoms. The van der Waals surface area contributed by atoms with Crippen LogP contribution in [0.2, 0.25) is 0 Å². The molecule has 2 unspecified atom stereocenters. The van der Waals surface area contributed by atoms with Crippen molar-refractivity contribution in [3.63, 3.8) is 0 Å². The maximum absolute atomic E-state index is 11.3. The van der Waals surface area contributed by atoms with Crippen molar-refractivity contribution in [3.05, 3.63) is 0 Å². The lowest BCUT2D eigenvalue weighted by atomic mass is 10.1. The van der Waals surface area contributed by atoms with Crippen molar-refractivity contribution < 1.29 is 14.7 Å². The number of aliphatic carboxylic acids is 1. The zero-order valence-electron chi connectivity index (χ0n) is 8.93. The summed E-state index contributed by atoms with van der Waals surface area (Å²) in [5.41, 5.74) is 5.47. The first-order valence-corrected chi connectivity index (χ1v) is 5.33. The van der Waals surface area contributed by atoms with E-state index >= 15 is 0 Å². The maximum Gasteiger partial charge on any atom is 0.321 e. The third kappa shape index (κ3) is 2.10. The fourth-order valence-electron chi connectivity index (χ4n) is 2.19. The Bertz CT molecular complexity index is 309. The Hall–Kier alpha value is -1.34. The number of carbonyl (C=O) groups is 2. The van der Waals surface area contributed by atoms with Crippen molar-refractivity contribution in [3.8, 4) is 0 Å². The van der Waals surface area contributed by atoms with Gasteiger partial charge in [-0.2, -0.15) is 0 Å². The van der Waals surface area contributed by atoms with Crippen LogP contribution in [-0.2, 0) is 4.79 Å². The molecule has 2 saturated heterocycles. The van der Waals surface area contributed by atoms with Crippen molar-refractivity contribution in [1.82, 2.24) is 15.1 Å². The molecule has 7 heteroatoms. The van der Waals surface area contributed by atoms with E-state index in [9.17, 15) is 9.59 Å². The molecule has 0 radical (unpaired) electrons. The Morgan fingerprint density at radius 2 is 2.38 bits per heavy atom. The predicted molar refractivity (Wildman–Crippen MR) is 55.9 cm³/mol. The van der Waals surface area contributed by atoms with Crippen molar-refractivity contribution >= 4 is 12.0 Å². The lowest BCUT2D eigenvalue weighted by molar-refractivity contribution is -0.139. The number of hydrogen-bond acceptors (Lipinski definition) is 4. The highest BCUT2D eigenvalue weighted by Gasteiger charge is 2.35. The molecule has 2 aliphatic heterocycles. The third-order valence-electron chi connectivity index (χ3n) is 3.09. The second-order valence-corrected chi connectivity index (χ2v) is 4.24. The van der Waals surface area contributed by atoms with E-state index in [1.165, 1.54) is 0 Å². The number of nitrogens with zero attached hydrogens (tertiary/aromatic N) is 2. The van der Waals surface area contributed by atoms with Gasteiger partial charge >= 0.3 is 12.0 Å². The van der Waals surface area contributed by atoms with Gasteiger partial charge in [-0.3, -0.25) is 9.69 Å². The Morgan fingerprint density at radius 1 is 1.62 bits per heavy atom. The summed E-state index contributed by atoms with van der Waals surface area (Å²) in [6.07, 6.45) is 0. The number of nitrogens with one attached hydrogen (secondary N) is 1. The fourth-order valence-corrected chi connectivity index (χ4v) is 2.19. The van der Waals surface area contributed by atoms with Crippen LogP contribution in [0.4, 0.5) is 4.79 Å². The van der Waals surface area contributed by atoms with E-state index < -0.39 is 12.0 Å². The lowest BCUT2D eigenvalue weighted by Gasteiger charge is -2.36. The lowest BCUT2D eigenvalue weighted by Crippen LogP contribution is -2.55.